The van der Waals surface area contributed by atoms with Crippen molar-refractivity contribution in [2.45, 2.75) is 48.9 Å². The van der Waals surface area contributed by atoms with Crippen LogP contribution in [-0.4, -0.2) is 42.0 Å². The van der Waals surface area contributed by atoms with Crippen molar-refractivity contribution < 1.29 is 19.4 Å². The fraction of sp³-hybridized carbons (Fsp3) is 0.529. The van der Waals surface area contributed by atoms with Crippen LogP contribution in [0.4, 0.5) is 0 Å². The van der Waals surface area contributed by atoms with E-state index < -0.39 is 12.1 Å². The van der Waals surface area contributed by atoms with E-state index in [0.717, 1.165) is 10.5 Å². The number of benzene rings is 1. The second-order valence-corrected chi connectivity index (χ2v) is 7.14. The SMILES string of the molecule is COC(CNC(=O)c1cc(C)ccc1SC1CCCC1)C(=O)O. The number of carboxylic acid groups (broad SMARTS) is 1. The van der Waals surface area contributed by atoms with E-state index in [1.165, 1.54) is 32.8 Å². The van der Waals surface area contributed by atoms with Gasteiger partial charge in [-0.15, -0.1) is 11.8 Å². The molecule has 1 unspecified atom stereocenters. The maximum atomic E-state index is 12.5. The van der Waals surface area contributed by atoms with Gasteiger partial charge < -0.3 is 15.2 Å². The first-order chi connectivity index (χ1) is 11.0. The predicted molar refractivity (Wildman–Crippen MR) is 90.1 cm³/mol. The zero-order valence-electron chi connectivity index (χ0n) is 13.5. The number of aryl methyl sites for hydroxylation is 1. The van der Waals surface area contributed by atoms with Gasteiger partial charge in [-0.1, -0.05) is 24.5 Å². The summed E-state index contributed by atoms with van der Waals surface area (Å²) in [5.41, 5.74) is 1.62. The van der Waals surface area contributed by atoms with Crippen LogP contribution in [0, 0.1) is 6.92 Å². The monoisotopic (exact) mass is 337 g/mol. The van der Waals surface area contributed by atoms with Crippen molar-refractivity contribution >= 4 is 23.6 Å². The zero-order chi connectivity index (χ0) is 16.8. The Balaban J connectivity index is 2.08. The first-order valence-corrected chi connectivity index (χ1v) is 8.70. The van der Waals surface area contributed by atoms with Crippen LogP contribution in [0.1, 0.15) is 41.6 Å². The molecule has 0 aliphatic heterocycles. The summed E-state index contributed by atoms with van der Waals surface area (Å²) < 4.78 is 4.84. The van der Waals surface area contributed by atoms with Gasteiger partial charge in [0.1, 0.15) is 0 Å². The summed E-state index contributed by atoms with van der Waals surface area (Å²) in [6.45, 7) is 1.89. The quantitative estimate of drug-likeness (QED) is 0.800. The molecule has 5 nitrogen and oxygen atoms in total. The maximum absolute atomic E-state index is 12.5. The van der Waals surface area contributed by atoms with Crippen LogP contribution in [0.5, 0.6) is 0 Å². The van der Waals surface area contributed by atoms with Gasteiger partial charge in [0.25, 0.3) is 5.91 Å². The van der Waals surface area contributed by atoms with E-state index in [4.69, 9.17) is 9.84 Å². The van der Waals surface area contributed by atoms with Gasteiger partial charge in [-0.3, -0.25) is 4.79 Å². The topological polar surface area (TPSA) is 75.6 Å². The lowest BCUT2D eigenvalue weighted by Crippen LogP contribution is -2.38. The Hall–Kier alpha value is -1.53. The summed E-state index contributed by atoms with van der Waals surface area (Å²) in [6.07, 6.45) is 3.84. The highest BCUT2D eigenvalue weighted by Crippen LogP contribution is 2.36. The van der Waals surface area contributed by atoms with E-state index in [-0.39, 0.29) is 12.5 Å². The van der Waals surface area contributed by atoms with E-state index in [1.54, 1.807) is 11.8 Å². The number of methoxy groups -OCH3 is 1. The zero-order valence-corrected chi connectivity index (χ0v) is 14.3. The third-order valence-electron chi connectivity index (χ3n) is 3.98. The summed E-state index contributed by atoms with van der Waals surface area (Å²) in [6, 6.07) is 5.84. The van der Waals surface area contributed by atoms with Gasteiger partial charge in [0.15, 0.2) is 6.10 Å². The van der Waals surface area contributed by atoms with Gasteiger partial charge in [0.05, 0.1) is 12.1 Å². The number of hydrogen-bond donors (Lipinski definition) is 2. The van der Waals surface area contributed by atoms with Crippen molar-refractivity contribution in [1.82, 2.24) is 5.32 Å². The van der Waals surface area contributed by atoms with Crippen LogP contribution in [0.25, 0.3) is 0 Å². The van der Waals surface area contributed by atoms with Crippen LogP contribution >= 0.6 is 11.8 Å². The molecule has 1 aliphatic rings. The molecule has 6 heteroatoms. The number of rotatable bonds is 7. The summed E-state index contributed by atoms with van der Waals surface area (Å²) in [7, 11) is 1.32. The van der Waals surface area contributed by atoms with Crippen molar-refractivity contribution in [3.05, 3.63) is 29.3 Å². The van der Waals surface area contributed by atoms with Gasteiger partial charge in [0, 0.05) is 17.3 Å². The summed E-state index contributed by atoms with van der Waals surface area (Å²) in [5.74, 6) is -1.34. The molecule has 1 atom stereocenters. The average Bonchev–Trinajstić information content (AvgIpc) is 3.02. The van der Waals surface area contributed by atoms with Crippen LogP contribution in [0.2, 0.25) is 0 Å². The molecule has 1 fully saturated rings. The number of hydrogen-bond acceptors (Lipinski definition) is 4. The van der Waals surface area contributed by atoms with Gasteiger partial charge in [-0.05, 0) is 31.9 Å². The number of thioether (sulfide) groups is 1. The molecule has 0 bridgehead atoms. The Morgan fingerprint density at radius 2 is 2.09 bits per heavy atom. The number of ether oxygens (including phenoxy) is 1. The lowest BCUT2D eigenvalue weighted by atomic mass is 10.1. The lowest BCUT2D eigenvalue weighted by molar-refractivity contribution is -0.148. The van der Waals surface area contributed by atoms with E-state index in [1.807, 2.05) is 25.1 Å². The molecule has 1 aromatic rings. The molecule has 0 saturated heterocycles. The Bertz CT molecular complexity index is 570. The molecule has 1 aromatic carbocycles. The van der Waals surface area contributed by atoms with E-state index in [9.17, 15) is 9.59 Å². The van der Waals surface area contributed by atoms with Gasteiger partial charge in [-0.25, -0.2) is 4.79 Å². The Kier molecular flexibility index (Phi) is 6.47. The maximum Gasteiger partial charge on any atom is 0.334 e. The molecule has 1 amide bonds. The van der Waals surface area contributed by atoms with Crippen molar-refractivity contribution in [1.29, 1.82) is 0 Å². The number of carbonyl (C=O) groups excluding carboxylic acids is 1. The highest BCUT2D eigenvalue weighted by atomic mass is 32.2. The minimum Gasteiger partial charge on any atom is -0.479 e. The molecule has 2 rings (SSSR count). The average molecular weight is 337 g/mol. The molecule has 0 aromatic heterocycles. The number of nitrogens with one attached hydrogen (secondary N) is 1. The highest BCUT2D eigenvalue weighted by molar-refractivity contribution is 8.00. The molecule has 2 N–H and O–H groups in total. The molecule has 0 heterocycles. The van der Waals surface area contributed by atoms with Crippen molar-refractivity contribution in [3.63, 3.8) is 0 Å². The van der Waals surface area contributed by atoms with Crippen molar-refractivity contribution in [2.24, 2.45) is 0 Å². The molecular formula is C17H23NO4S. The van der Waals surface area contributed by atoms with Crippen LogP contribution in [-0.2, 0) is 9.53 Å². The fourth-order valence-corrected chi connectivity index (χ4v) is 4.02. The Morgan fingerprint density at radius 1 is 1.39 bits per heavy atom. The molecule has 0 radical (unpaired) electrons. The number of carboxylic acids is 1. The largest absolute Gasteiger partial charge is 0.479 e. The first kappa shape index (κ1) is 17.8. The molecule has 126 valence electrons. The second-order valence-electron chi connectivity index (χ2n) is 5.80. The second kappa shape index (κ2) is 8.36. The fourth-order valence-electron chi connectivity index (χ4n) is 2.66. The number of amides is 1. The normalized spacial score (nSPS) is 16.3. The molecule has 0 spiro atoms. The van der Waals surface area contributed by atoms with E-state index in [0.29, 0.717) is 10.8 Å². The van der Waals surface area contributed by atoms with Crippen molar-refractivity contribution in [2.75, 3.05) is 13.7 Å². The Labute approximate surface area is 140 Å². The number of carbonyl (C=O) groups is 2. The molecule has 23 heavy (non-hydrogen) atoms. The lowest BCUT2D eigenvalue weighted by Gasteiger charge is -2.15. The van der Waals surface area contributed by atoms with Gasteiger partial charge in [-0.2, -0.15) is 0 Å². The minimum absolute atomic E-state index is 0.0495. The van der Waals surface area contributed by atoms with Gasteiger partial charge >= 0.3 is 5.97 Å². The van der Waals surface area contributed by atoms with E-state index in [2.05, 4.69) is 5.32 Å². The molecule has 1 aliphatic carbocycles. The third-order valence-corrected chi connectivity index (χ3v) is 5.40. The van der Waals surface area contributed by atoms with Crippen LogP contribution in [0.15, 0.2) is 23.1 Å². The smallest absolute Gasteiger partial charge is 0.334 e. The standard InChI is InChI=1S/C17H23NO4S/c1-11-7-8-15(23-12-5-3-4-6-12)13(9-11)16(19)18-10-14(22-2)17(20)21/h7-9,12,14H,3-6,10H2,1-2H3,(H,18,19)(H,20,21). The highest BCUT2D eigenvalue weighted by Gasteiger charge is 2.22. The summed E-state index contributed by atoms with van der Waals surface area (Å²) >= 11 is 1.75. The number of aliphatic carboxylic acids is 1. The predicted octanol–water partition coefficient (Wildman–Crippen LogP) is 2.86. The first-order valence-electron chi connectivity index (χ1n) is 7.82. The minimum atomic E-state index is -1.09. The molecule has 1 saturated carbocycles. The third kappa shape index (κ3) is 4.97. The summed E-state index contributed by atoms with van der Waals surface area (Å²) in [4.78, 5) is 24.4. The van der Waals surface area contributed by atoms with E-state index >= 15 is 0 Å². The van der Waals surface area contributed by atoms with Crippen molar-refractivity contribution in [3.8, 4) is 0 Å². The van der Waals surface area contributed by atoms with Crippen LogP contribution < -0.4 is 5.32 Å². The Morgan fingerprint density at radius 3 is 2.70 bits per heavy atom. The van der Waals surface area contributed by atoms with Gasteiger partial charge in [0.2, 0.25) is 0 Å². The van der Waals surface area contributed by atoms with Crippen LogP contribution in [0.3, 0.4) is 0 Å². The molecular weight excluding hydrogens is 314 g/mol. The summed E-state index contributed by atoms with van der Waals surface area (Å²) in [5, 5.41) is 12.2.